The quantitative estimate of drug-likeness (QED) is 0.553. The Kier molecular flexibility index (Phi) is 4.13. The summed E-state index contributed by atoms with van der Waals surface area (Å²) in [4.78, 5) is 17.9. The van der Waals surface area contributed by atoms with Crippen molar-refractivity contribution in [1.82, 2.24) is 29.4 Å². The molecule has 0 bridgehead atoms. The maximum absolute atomic E-state index is 12.7. The third-order valence-corrected chi connectivity index (χ3v) is 6.18. The van der Waals surface area contributed by atoms with Gasteiger partial charge in [-0.2, -0.15) is 13.2 Å². The summed E-state index contributed by atoms with van der Waals surface area (Å²) < 4.78 is 40.4. The number of halogens is 3. The zero-order chi connectivity index (χ0) is 19.3. The fraction of sp³-hybridized carbons (Fsp3) is 0.389. The molecule has 0 aliphatic carbocycles. The molecule has 1 aliphatic rings. The highest BCUT2D eigenvalue weighted by Crippen LogP contribution is 2.33. The number of hydrogen-bond acceptors (Lipinski definition) is 5. The van der Waals surface area contributed by atoms with Gasteiger partial charge < -0.3 is 9.55 Å². The van der Waals surface area contributed by atoms with Gasteiger partial charge in [-0.1, -0.05) is 0 Å². The van der Waals surface area contributed by atoms with Gasteiger partial charge in [-0.15, -0.1) is 11.3 Å². The number of pyridine rings is 1. The van der Waals surface area contributed by atoms with E-state index < -0.39 is 11.2 Å². The summed E-state index contributed by atoms with van der Waals surface area (Å²) in [6.07, 6.45) is 2.98. The van der Waals surface area contributed by atoms with Crippen LogP contribution in [0.1, 0.15) is 29.6 Å². The normalized spacial score (nSPS) is 17.1. The molecule has 0 aromatic carbocycles. The van der Waals surface area contributed by atoms with E-state index in [1.54, 1.807) is 6.20 Å². The predicted molar refractivity (Wildman–Crippen MR) is 100 cm³/mol. The average Bonchev–Trinajstić information content (AvgIpc) is 3.40. The summed E-state index contributed by atoms with van der Waals surface area (Å²) in [6, 6.07) is 2.32. The van der Waals surface area contributed by atoms with E-state index in [0.717, 1.165) is 48.0 Å². The van der Waals surface area contributed by atoms with E-state index in [0.29, 0.717) is 29.6 Å². The number of fused-ring (bicyclic) bond motifs is 3. The Bertz CT molecular complexity index is 1120. The zero-order valence-corrected chi connectivity index (χ0v) is 15.6. The van der Waals surface area contributed by atoms with Crippen LogP contribution < -0.4 is 0 Å². The second-order valence-electron chi connectivity index (χ2n) is 7.03. The topological polar surface area (TPSA) is 62.6 Å². The molecule has 0 amide bonds. The van der Waals surface area contributed by atoms with Crippen molar-refractivity contribution >= 4 is 33.4 Å². The molecule has 6 nitrogen and oxygen atoms in total. The maximum atomic E-state index is 12.7. The molecule has 5 rings (SSSR count). The minimum atomic E-state index is -4.36. The highest BCUT2D eigenvalue weighted by Gasteiger charge is 2.34. The minimum absolute atomic E-state index is 0.308. The van der Waals surface area contributed by atoms with Crippen LogP contribution in [0.25, 0.3) is 22.1 Å². The van der Waals surface area contributed by atoms with Crippen molar-refractivity contribution in [3.63, 3.8) is 0 Å². The Morgan fingerprint density at radius 3 is 2.79 bits per heavy atom. The van der Waals surface area contributed by atoms with Crippen molar-refractivity contribution in [2.45, 2.75) is 31.6 Å². The van der Waals surface area contributed by atoms with E-state index >= 15 is 0 Å². The second-order valence-corrected chi connectivity index (χ2v) is 7.89. The Hall–Kier alpha value is -2.46. The lowest BCUT2D eigenvalue weighted by molar-refractivity contribution is -0.137. The van der Waals surface area contributed by atoms with Crippen molar-refractivity contribution in [3.05, 3.63) is 40.9 Å². The number of likely N-dealkylation sites (tertiary alicyclic amines) is 1. The number of hydrogen-bond donors (Lipinski definition) is 1. The smallest absolute Gasteiger partial charge is 0.346 e. The summed E-state index contributed by atoms with van der Waals surface area (Å²) in [6.45, 7) is 2.07. The number of imidazole rings is 1. The van der Waals surface area contributed by atoms with E-state index in [9.17, 15) is 13.2 Å². The lowest BCUT2D eigenvalue weighted by atomic mass is 10.0. The maximum Gasteiger partial charge on any atom is 0.443 e. The Morgan fingerprint density at radius 1 is 1.21 bits per heavy atom. The Balaban J connectivity index is 1.30. The number of nitrogens with zero attached hydrogens (tertiary/aromatic N) is 5. The van der Waals surface area contributed by atoms with Crippen LogP contribution in [0.15, 0.2) is 30.2 Å². The number of alkyl halides is 3. The molecule has 1 N–H and O–H groups in total. The van der Waals surface area contributed by atoms with Crippen LogP contribution in [0.5, 0.6) is 0 Å². The fourth-order valence-electron chi connectivity index (χ4n) is 3.90. The number of aromatic amines is 1. The number of H-pyrrole nitrogens is 1. The second kappa shape index (κ2) is 6.56. The van der Waals surface area contributed by atoms with Crippen molar-refractivity contribution in [2.75, 3.05) is 13.1 Å². The van der Waals surface area contributed by atoms with Gasteiger partial charge in [-0.25, -0.2) is 15.0 Å². The third kappa shape index (κ3) is 3.06. The first-order valence-corrected chi connectivity index (χ1v) is 9.89. The SMILES string of the molecule is FC(F)(F)c1nc(CN2CCC(n3cnc4cnc5[nH]ccc5c43)CC2)cs1. The molecular weight excluding hydrogens is 389 g/mol. The van der Waals surface area contributed by atoms with Gasteiger partial charge in [0.2, 0.25) is 0 Å². The molecule has 28 heavy (non-hydrogen) atoms. The van der Waals surface area contributed by atoms with Crippen LogP contribution in [0.3, 0.4) is 0 Å². The lowest BCUT2D eigenvalue weighted by Gasteiger charge is -2.32. The summed E-state index contributed by atoms with van der Waals surface area (Å²) in [7, 11) is 0. The molecule has 4 aromatic heterocycles. The highest BCUT2D eigenvalue weighted by molar-refractivity contribution is 7.09. The first kappa shape index (κ1) is 17.6. The molecule has 0 spiro atoms. The first-order valence-electron chi connectivity index (χ1n) is 9.01. The van der Waals surface area contributed by atoms with Gasteiger partial charge in [0.05, 0.1) is 23.7 Å². The van der Waals surface area contributed by atoms with Crippen LogP contribution >= 0.6 is 11.3 Å². The van der Waals surface area contributed by atoms with Gasteiger partial charge in [0.1, 0.15) is 11.2 Å². The number of rotatable bonds is 3. The van der Waals surface area contributed by atoms with Crippen molar-refractivity contribution in [3.8, 4) is 0 Å². The van der Waals surface area contributed by atoms with Crippen LogP contribution in [-0.4, -0.2) is 42.5 Å². The highest BCUT2D eigenvalue weighted by atomic mass is 32.1. The molecule has 5 heterocycles. The predicted octanol–water partition coefficient (Wildman–Crippen LogP) is 4.23. The van der Waals surface area contributed by atoms with Gasteiger partial charge in [0, 0.05) is 42.6 Å². The molecule has 1 saturated heterocycles. The van der Waals surface area contributed by atoms with E-state index in [1.165, 1.54) is 5.38 Å². The standard InChI is InChI=1S/C18H17F3N6S/c19-18(20,21)17-25-11(9-28-17)8-26-5-2-12(3-6-26)27-10-24-14-7-23-16-13(15(14)27)1-4-22-16/h1,4,7,9-10,12H,2-3,5-6,8H2,(H,22,23). The summed E-state index contributed by atoms with van der Waals surface area (Å²) in [5, 5.41) is 1.79. The van der Waals surface area contributed by atoms with Crippen molar-refractivity contribution < 1.29 is 13.2 Å². The summed E-state index contributed by atoms with van der Waals surface area (Å²) in [5.74, 6) is 0. The van der Waals surface area contributed by atoms with Crippen molar-refractivity contribution in [2.24, 2.45) is 0 Å². The molecule has 1 fully saturated rings. The number of thiazole rings is 1. The number of aromatic nitrogens is 5. The van der Waals surface area contributed by atoms with Gasteiger partial charge in [-0.3, -0.25) is 4.90 Å². The molecule has 0 saturated carbocycles. The van der Waals surface area contributed by atoms with E-state index in [1.807, 2.05) is 18.6 Å². The molecule has 4 aromatic rings. The monoisotopic (exact) mass is 406 g/mol. The molecule has 1 aliphatic heterocycles. The molecule has 10 heteroatoms. The lowest BCUT2D eigenvalue weighted by Crippen LogP contribution is -2.34. The molecule has 146 valence electrons. The summed E-state index contributed by atoms with van der Waals surface area (Å²) in [5.41, 5.74) is 3.29. The number of nitrogens with one attached hydrogen (secondary N) is 1. The van der Waals surface area contributed by atoms with Crippen LogP contribution in [0, 0.1) is 0 Å². The largest absolute Gasteiger partial charge is 0.443 e. The molecule has 0 atom stereocenters. The van der Waals surface area contributed by atoms with E-state index in [-0.39, 0.29) is 0 Å². The van der Waals surface area contributed by atoms with Crippen LogP contribution in [0.2, 0.25) is 0 Å². The summed E-state index contributed by atoms with van der Waals surface area (Å²) >= 11 is 0.663. The zero-order valence-electron chi connectivity index (χ0n) is 14.8. The Labute approximate surface area is 162 Å². The van der Waals surface area contributed by atoms with Crippen LogP contribution in [0.4, 0.5) is 13.2 Å². The minimum Gasteiger partial charge on any atom is -0.346 e. The fourth-order valence-corrected chi connectivity index (χ4v) is 4.58. The van der Waals surface area contributed by atoms with Gasteiger partial charge in [0.15, 0.2) is 5.01 Å². The van der Waals surface area contributed by atoms with Gasteiger partial charge in [0.25, 0.3) is 0 Å². The Morgan fingerprint density at radius 2 is 2.04 bits per heavy atom. The van der Waals surface area contributed by atoms with Gasteiger partial charge in [-0.05, 0) is 18.9 Å². The molecule has 0 radical (unpaired) electrons. The van der Waals surface area contributed by atoms with E-state index in [2.05, 4.69) is 29.4 Å². The third-order valence-electron chi connectivity index (χ3n) is 5.25. The van der Waals surface area contributed by atoms with E-state index in [4.69, 9.17) is 0 Å². The molecule has 0 unspecified atom stereocenters. The van der Waals surface area contributed by atoms with Gasteiger partial charge >= 0.3 is 6.18 Å². The first-order chi connectivity index (χ1) is 13.5. The average molecular weight is 406 g/mol. The van der Waals surface area contributed by atoms with Crippen molar-refractivity contribution in [1.29, 1.82) is 0 Å². The molecular formula is C18H17F3N6S. The number of piperidine rings is 1. The van der Waals surface area contributed by atoms with Crippen LogP contribution in [-0.2, 0) is 12.7 Å².